The summed E-state index contributed by atoms with van der Waals surface area (Å²) in [6.07, 6.45) is -0.270. The van der Waals surface area contributed by atoms with Crippen molar-refractivity contribution in [2.24, 2.45) is 0 Å². The molecule has 0 saturated carbocycles. The second kappa shape index (κ2) is 5.26. The van der Waals surface area contributed by atoms with E-state index in [4.69, 9.17) is 9.31 Å². The molecule has 4 nitrogen and oxygen atoms in total. The molecule has 0 radical (unpaired) electrons. The van der Waals surface area contributed by atoms with Gasteiger partial charge in [-0.15, -0.1) is 11.3 Å². The van der Waals surface area contributed by atoms with Gasteiger partial charge in [-0.25, -0.2) is 8.78 Å². The molecule has 3 heterocycles. The molecule has 1 aromatic rings. The van der Waals surface area contributed by atoms with Crippen molar-refractivity contribution in [1.29, 1.82) is 0 Å². The zero-order chi connectivity index (χ0) is 17.0. The van der Waals surface area contributed by atoms with E-state index in [9.17, 15) is 13.6 Å². The fourth-order valence-electron chi connectivity index (χ4n) is 2.63. The smallest absolute Gasteiger partial charge is 0.399 e. The third kappa shape index (κ3) is 3.04. The van der Waals surface area contributed by atoms with Crippen molar-refractivity contribution in [1.82, 2.24) is 4.90 Å². The summed E-state index contributed by atoms with van der Waals surface area (Å²) in [4.78, 5) is 14.0. The quantitative estimate of drug-likeness (QED) is 0.775. The van der Waals surface area contributed by atoms with Crippen LogP contribution in [0.2, 0.25) is 0 Å². The van der Waals surface area contributed by atoms with Gasteiger partial charge in [0.2, 0.25) is 0 Å². The van der Waals surface area contributed by atoms with Crippen LogP contribution in [0, 0.1) is 0 Å². The first-order valence-electron chi connectivity index (χ1n) is 7.62. The largest absolute Gasteiger partial charge is 0.495 e. The Morgan fingerprint density at radius 3 is 2.39 bits per heavy atom. The average molecular weight is 343 g/mol. The molecule has 0 spiro atoms. The van der Waals surface area contributed by atoms with E-state index in [1.807, 2.05) is 27.7 Å². The molecular formula is C15H20BF2NO3S. The average Bonchev–Trinajstić information content (AvgIpc) is 3.07. The molecular weight excluding hydrogens is 323 g/mol. The molecule has 0 aliphatic carbocycles. The molecule has 0 unspecified atom stereocenters. The van der Waals surface area contributed by atoms with E-state index in [0.29, 0.717) is 4.88 Å². The maximum Gasteiger partial charge on any atom is 0.495 e. The Labute approximate surface area is 138 Å². The SMILES string of the molecule is CC1(C)OB(c2csc(C(=O)N3CCC(F)(F)C3)c2)OC1(C)C. The van der Waals surface area contributed by atoms with Crippen LogP contribution >= 0.6 is 11.3 Å². The van der Waals surface area contributed by atoms with Gasteiger partial charge in [0, 0.05) is 13.0 Å². The number of hydrogen-bond donors (Lipinski definition) is 0. The lowest BCUT2D eigenvalue weighted by Crippen LogP contribution is -2.41. The fraction of sp³-hybridized carbons (Fsp3) is 0.667. The maximum atomic E-state index is 13.3. The normalized spacial score (nSPS) is 25.1. The minimum absolute atomic E-state index is 0.0928. The first-order valence-corrected chi connectivity index (χ1v) is 8.50. The number of carbonyl (C=O) groups excluding carboxylic acids is 1. The second-order valence-electron chi connectivity index (χ2n) is 7.17. The van der Waals surface area contributed by atoms with Gasteiger partial charge in [-0.1, -0.05) is 0 Å². The van der Waals surface area contributed by atoms with E-state index in [0.717, 1.165) is 5.46 Å². The number of carbonyl (C=O) groups is 1. The number of halogens is 2. The summed E-state index contributed by atoms with van der Waals surface area (Å²) in [6.45, 7) is 7.41. The van der Waals surface area contributed by atoms with Gasteiger partial charge >= 0.3 is 7.12 Å². The summed E-state index contributed by atoms with van der Waals surface area (Å²) in [5.41, 5.74) is -0.162. The van der Waals surface area contributed by atoms with Crippen molar-refractivity contribution in [3.63, 3.8) is 0 Å². The monoisotopic (exact) mass is 343 g/mol. The lowest BCUT2D eigenvalue weighted by Gasteiger charge is -2.32. The van der Waals surface area contributed by atoms with Gasteiger partial charge in [0.05, 0.1) is 22.6 Å². The van der Waals surface area contributed by atoms with Gasteiger partial charge in [0.15, 0.2) is 0 Å². The van der Waals surface area contributed by atoms with Crippen LogP contribution in [0.1, 0.15) is 43.8 Å². The van der Waals surface area contributed by atoms with Crippen LogP contribution in [0.5, 0.6) is 0 Å². The lowest BCUT2D eigenvalue weighted by molar-refractivity contribution is 0.00578. The number of hydrogen-bond acceptors (Lipinski definition) is 4. The van der Waals surface area contributed by atoms with Crippen LogP contribution in [-0.4, -0.2) is 48.1 Å². The zero-order valence-electron chi connectivity index (χ0n) is 13.7. The molecule has 23 heavy (non-hydrogen) atoms. The topological polar surface area (TPSA) is 38.8 Å². The lowest BCUT2D eigenvalue weighted by atomic mass is 9.81. The Kier molecular flexibility index (Phi) is 3.85. The predicted molar refractivity (Wildman–Crippen MR) is 85.5 cm³/mol. The fourth-order valence-corrected chi connectivity index (χ4v) is 3.51. The Balaban J connectivity index is 1.73. The number of alkyl halides is 2. The molecule has 0 bridgehead atoms. The molecule has 0 atom stereocenters. The van der Waals surface area contributed by atoms with Crippen molar-refractivity contribution in [3.05, 3.63) is 16.3 Å². The van der Waals surface area contributed by atoms with E-state index in [2.05, 4.69) is 0 Å². The Bertz CT molecular complexity index is 616. The van der Waals surface area contributed by atoms with E-state index in [1.165, 1.54) is 16.2 Å². The number of amides is 1. The minimum Gasteiger partial charge on any atom is -0.399 e. The maximum absolute atomic E-state index is 13.3. The van der Waals surface area contributed by atoms with Gasteiger partial charge in [-0.2, -0.15) is 0 Å². The zero-order valence-corrected chi connectivity index (χ0v) is 14.5. The molecule has 0 N–H and O–H groups in total. The number of likely N-dealkylation sites (tertiary alicyclic amines) is 1. The number of rotatable bonds is 2. The third-order valence-electron chi connectivity index (χ3n) is 4.81. The highest BCUT2D eigenvalue weighted by Crippen LogP contribution is 2.37. The summed E-state index contributed by atoms with van der Waals surface area (Å²) in [6, 6.07) is 1.69. The molecule has 1 amide bonds. The highest BCUT2D eigenvalue weighted by Gasteiger charge is 2.52. The van der Waals surface area contributed by atoms with Gasteiger partial charge in [-0.05, 0) is 44.6 Å². The van der Waals surface area contributed by atoms with Crippen molar-refractivity contribution < 1.29 is 22.9 Å². The van der Waals surface area contributed by atoms with Crippen molar-refractivity contribution in [2.75, 3.05) is 13.1 Å². The van der Waals surface area contributed by atoms with Crippen LogP contribution in [0.25, 0.3) is 0 Å². The molecule has 8 heteroatoms. The van der Waals surface area contributed by atoms with E-state index in [-0.39, 0.29) is 18.9 Å². The summed E-state index contributed by atoms with van der Waals surface area (Å²) >= 11 is 1.24. The number of thiophene rings is 1. The van der Waals surface area contributed by atoms with Crippen LogP contribution in [0.15, 0.2) is 11.4 Å². The summed E-state index contributed by atoms with van der Waals surface area (Å²) < 4.78 is 38.4. The van der Waals surface area contributed by atoms with Gasteiger partial charge in [0.1, 0.15) is 0 Å². The van der Waals surface area contributed by atoms with Crippen LogP contribution < -0.4 is 5.46 Å². The molecule has 2 fully saturated rings. The molecule has 2 aliphatic heterocycles. The van der Waals surface area contributed by atoms with E-state index in [1.54, 1.807) is 11.4 Å². The summed E-state index contributed by atoms with van der Waals surface area (Å²) in [7, 11) is -0.544. The standard InChI is InChI=1S/C15H20BF2NO3S/c1-13(2)14(3,4)22-16(21-13)10-7-11(23-8-10)12(20)19-6-5-15(17,18)9-19/h7-8H,5-6,9H2,1-4H3. The van der Waals surface area contributed by atoms with Gasteiger partial charge in [0.25, 0.3) is 11.8 Å². The highest BCUT2D eigenvalue weighted by atomic mass is 32.1. The van der Waals surface area contributed by atoms with E-state index < -0.39 is 30.8 Å². The first-order chi connectivity index (χ1) is 10.5. The Morgan fingerprint density at radius 2 is 1.87 bits per heavy atom. The van der Waals surface area contributed by atoms with Crippen molar-refractivity contribution in [3.8, 4) is 0 Å². The van der Waals surface area contributed by atoms with E-state index >= 15 is 0 Å². The molecule has 2 saturated heterocycles. The summed E-state index contributed by atoms with van der Waals surface area (Å²) in [5.74, 6) is -3.13. The molecule has 2 aliphatic rings. The Hall–Kier alpha value is -0.985. The minimum atomic E-state index is -2.78. The Morgan fingerprint density at radius 1 is 1.26 bits per heavy atom. The molecule has 1 aromatic heterocycles. The van der Waals surface area contributed by atoms with Gasteiger partial charge < -0.3 is 14.2 Å². The van der Waals surface area contributed by atoms with Crippen molar-refractivity contribution in [2.45, 2.75) is 51.2 Å². The van der Waals surface area contributed by atoms with Gasteiger partial charge in [-0.3, -0.25) is 4.79 Å². The molecule has 0 aromatic carbocycles. The number of nitrogens with zero attached hydrogens (tertiary/aromatic N) is 1. The highest BCUT2D eigenvalue weighted by molar-refractivity contribution is 7.13. The second-order valence-corrected chi connectivity index (χ2v) is 8.08. The van der Waals surface area contributed by atoms with Crippen molar-refractivity contribution >= 4 is 29.8 Å². The van der Waals surface area contributed by atoms with Crippen LogP contribution in [-0.2, 0) is 9.31 Å². The molecule has 3 rings (SSSR count). The predicted octanol–water partition coefficient (Wildman–Crippen LogP) is 2.53. The van der Waals surface area contributed by atoms with Crippen LogP contribution in [0.3, 0.4) is 0 Å². The molecule has 126 valence electrons. The first kappa shape index (κ1) is 16.9. The summed E-state index contributed by atoms with van der Waals surface area (Å²) in [5, 5.41) is 1.80. The van der Waals surface area contributed by atoms with Crippen LogP contribution in [0.4, 0.5) is 8.78 Å². The third-order valence-corrected chi connectivity index (χ3v) is 5.75.